The van der Waals surface area contributed by atoms with Crippen molar-refractivity contribution in [3.63, 3.8) is 0 Å². The number of H-pyrrole nitrogens is 1. The minimum absolute atomic E-state index is 0.0374. The zero-order valence-corrected chi connectivity index (χ0v) is 19.2. The molecule has 34 heavy (non-hydrogen) atoms. The number of hydrogen-bond acceptors (Lipinski definition) is 6. The van der Waals surface area contributed by atoms with Gasteiger partial charge in [-0.05, 0) is 49.1 Å². The van der Waals surface area contributed by atoms with Gasteiger partial charge in [0, 0.05) is 24.5 Å². The molecule has 0 amide bonds. The minimum Gasteiger partial charge on any atom is -0.489 e. The molecule has 0 atom stereocenters. The summed E-state index contributed by atoms with van der Waals surface area (Å²) in [7, 11) is 1.67. The number of rotatable bonds is 5. The normalized spacial score (nSPS) is 13.3. The number of nitrogens with zero attached hydrogens (tertiary/aromatic N) is 4. The van der Waals surface area contributed by atoms with Crippen LogP contribution in [-0.4, -0.2) is 26.1 Å². The van der Waals surface area contributed by atoms with E-state index in [9.17, 15) is 10.1 Å². The molecule has 5 rings (SSSR count). The number of benzene rings is 2. The fraction of sp³-hybridized carbons (Fsp3) is 0.250. The molecule has 2 heterocycles. The van der Waals surface area contributed by atoms with Crippen LogP contribution in [-0.2, 0) is 13.6 Å². The van der Waals surface area contributed by atoms with Crippen molar-refractivity contribution in [3.8, 4) is 34.2 Å². The predicted octanol–water partition coefficient (Wildman–Crippen LogP) is 3.96. The van der Waals surface area contributed by atoms with Crippen LogP contribution >= 0.6 is 11.6 Å². The highest BCUT2D eigenvalue weighted by Crippen LogP contribution is 2.42. The van der Waals surface area contributed by atoms with Crippen LogP contribution in [0.1, 0.15) is 29.7 Å². The van der Waals surface area contributed by atoms with Crippen molar-refractivity contribution in [1.29, 1.82) is 5.26 Å². The third-order valence-corrected chi connectivity index (χ3v) is 6.24. The van der Waals surface area contributed by atoms with Crippen molar-refractivity contribution in [2.75, 3.05) is 0 Å². The molecule has 0 radical (unpaired) electrons. The molecule has 0 spiro atoms. The highest BCUT2D eigenvalue weighted by atomic mass is 35.5. The van der Waals surface area contributed by atoms with E-state index in [1.807, 2.05) is 0 Å². The number of aryl methyl sites for hydroxylation is 2. The first kappa shape index (κ1) is 22.1. The van der Waals surface area contributed by atoms with Gasteiger partial charge in [-0.15, -0.1) is 0 Å². The molecule has 172 valence electrons. The van der Waals surface area contributed by atoms with Gasteiger partial charge in [0.2, 0.25) is 0 Å². The summed E-state index contributed by atoms with van der Waals surface area (Å²) in [4.78, 5) is 12.3. The number of nitrogens with two attached hydrogens (primary N) is 1. The molecule has 10 heteroatoms. The van der Waals surface area contributed by atoms with E-state index in [-0.39, 0.29) is 34.2 Å². The summed E-state index contributed by atoms with van der Waals surface area (Å²) in [5, 5.41) is 21.7. The highest BCUT2D eigenvalue weighted by molar-refractivity contribution is 6.36. The van der Waals surface area contributed by atoms with Gasteiger partial charge >= 0.3 is 0 Å². The summed E-state index contributed by atoms with van der Waals surface area (Å²) in [5.74, 6) is -0.180. The predicted molar refractivity (Wildman–Crippen MR) is 126 cm³/mol. The van der Waals surface area contributed by atoms with Gasteiger partial charge in [0.15, 0.2) is 0 Å². The Morgan fingerprint density at radius 3 is 2.82 bits per heavy atom. The molecular weight excluding hydrogens is 459 g/mol. The van der Waals surface area contributed by atoms with Crippen molar-refractivity contribution in [2.45, 2.75) is 32.4 Å². The Balaban J connectivity index is 1.79. The van der Waals surface area contributed by atoms with Crippen molar-refractivity contribution < 1.29 is 9.13 Å². The third kappa shape index (κ3) is 3.52. The summed E-state index contributed by atoms with van der Waals surface area (Å²) < 4.78 is 23.0. The lowest BCUT2D eigenvalue weighted by molar-refractivity contribution is 0.301. The average molecular weight is 479 g/mol. The number of fused-ring (bicyclic) bond motifs is 1. The quantitative estimate of drug-likeness (QED) is 0.447. The van der Waals surface area contributed by atoms with Gasteiger partial charge < -0.3 is 10.5 Å². The largest absolute Gasteiger partial charge is 0.489 e. The van der Waals surface area contributed by atoms with Crippen LogP contribution in [0.4, 0.5) is 4.39 Å². The van der Waals surface area contributed by atoms with Gasteiger partial charge in [-0.2, -0.15) is 15.5 Å². The fourth-order valence-corrected chi connectivity index (χ4v) is 4.41. The molecule has 3 N–H and O–H groups in total. The molecule has 0 saturated heterocycles. The van der Waals surface area contributed by atoms with Crippen LogP contribution < -0.4 is 16.0 Å². The van der Waals surface area contributed by atoms with E-state index in [0.29, 0.717) is 39.2 Å². The van der Waals surface area contributed by atoms with E-state index in [0.717, 1.165) is 12.8 Å². The molecule has 2 aromatic heterocycles. The van der Waals surface area contributed by atoms with Gasteiger partial charge in [-0.25, -0.2) is 9.49 Å². The lowest BCUT2D eigenvalue weighted by Crippen LogP contribution is -2.13. The Morgan fingerprint density at radius 2 is 2.15 bits per heavy atom. The van der Waals surface area contributed by atoms with E-state index in [4.69, 9.17) is 22.1 Å². The third-order valence-electron chi connectivity index (χ3n) is 5.94. The van der Waals surface area contributed by atoms with Crippen LogP contribution in [0.25, 0.3) is 33.2 Å². The average Bonchev–Trinajstić information content (AvgIpc) is 3.55. The maximum Gasteiger partial charge on any atom is 0.273 e. The molecule has 1 saturated carbocycles. The van der Waals surface area contributed by atoms with Crippen LogP contribution in [0.15, 0.2) is 29.2 Å². The van der Waals surface area contributed by atoms with Gasteiger partial charge in [-0.3, -0.25) is 9.48 Å². The number of ether oxygens (including phenoxy) is 1. The van der Waals surface area contributed by atoms with Crippen molar-refractivity contribution in [1.82, 2.24) is 20.0 Å². The summed E-state index contributed by atoms with van der Waals surface area (Å²) in [5.41, 5.74) is 7.92. The zero-order valence-electron chi connectivity index (χ0n) is 18.4. The summed E-state index contributed by atoms with van der Waals surface area (Å²) >= 11 is 6.49. The number of halogens is 2. The van der Waals surface area contributed by atoms with E-state index >= 15 is 4.39 Å². The Kier molecular flexibility index (Phi) is 5.35. The van der Waals surface area contributed by atoms with E-state index < -0.39 is 11.4 Å². The summed E-state index contributed by atoms with van der Waals surface area (Å²) in [6, 6.07) is 7.02. The van der Waals surface area contributed by atoms with Crippen LogP contribution in [0, 0.1) is 24.1 Å². The topological polar surface area (TPSA) is 123 Å². The molecular formula is C24H20ClFN6O2. The van der Waals surface area contributed by atoms with E-state index in [1.54, 1.807) is 38.4 Å². The SMILES string of the molecule is Cc1cc(OC2CC2)c(C#N)c(-c2c(-c3cc(Cl)c4c(=O)[nH]nc(CN)c4c3)cnn2C)c1F. The lowest BCUT2D eigenvalue weighted by Gasteiger charge is -2.16. The van der Waals surface area contributed by atoms with Gasteiger partial charge in [-0.1, -0.05) is 11.6 Å². The standard InChI is InChI=1S/C24H20ClFN6O2/c1-11-5-19(34-13-3-4-13)15(8-27)21(22(11)26)23-16(10-29-32(23)2)12-6-14-18(9-28)30-31-24(33)20(14)17(25)7-12/h5-7,10,13H,3-4,9,28H2,1-2H3,(H,31,33). The minimum atomic E-state index is -0.530. The lowest BCUT2D eigenvalue weighted by atomic mass is 9.94. The van der Waals surface area contributed by atoms with E-state index in [1.165, 1.54) is 4.68 Å². The maximum atomic E-state index is 15.6. The molecule has 8 nitrogen and oxygen atoms in total. The van der Waals surface area contributed by atoms with Crippen LogP contribution in [0.2, 0.25) is 5.02 Å². The second-order valence-electron chi connectivity index (χ2n) is 8.30. The number of aromatic amines is 1. The van der Waals surface area contributed by atoms with Crippen LogP contribution in [0.3, 0.4) is 0 Å². The van der Waals surface area contributed by atoms with E-state index in [2.05, 4.69) is 21.4 Å². The van der Waals surface area contributed by atoms with Gasteiger partial charge in [0.25, 0.3) is 5.56 Å². The monoisotopic (exact) mass is 478 g/mol. The first-order chi connectivity index (χ1) is 16.3. The Hall–Kier alpha value is -3.74. The maximum absolute atomic E-state index is 15.6. The molecule has 0 unspecified atom stereocenters. The smallest absolute Gasteiger partial charge is 0.273 e. The number of aromatic nitrogens is 4. The van der Waals surface area contributed by atoms with Gasteiger partial charge in [0.05, 0.1) is 39.7 Å². The molecule has 0 bridgehead atoms. The molecule has 1 aliphatic carbocycles. The fourth-order valence-electron chi connectivity index (χ4n) is 4.11. The number of nitriles is 1. The first-order valence-electron chi connectivity index (χ1n) is 10.7. The second-order valence-corrected chi connectivity index (χ2v) is 8.71. The second kappa shape index (κ2) is 8.24. The molecule has 0 aliphatic heterocycles. The Morgan fingerprint density at radius 1 is 1.38 bits per heavy atom. The van der Waals surface area contributed by atoms with Crippen molar-refractivity contribution >= 4 is 22.4 Å². The highest BCUT2D eigenvalue weighted by Gasteiger charge is 2.29. The molecule has 2 aromatic carbocycles. The summed E-state index contributed by atoms with van der Waals surface area (Å²) in [6.45, 7) is 1.72. The van der Waals surface area contributed by atoms with Crippen molar-refractivity contribution in [2.24, 2.45) is 12.8 Å². The number of hydrogen-bond donors (Lipinski definition) is 2. The first-order valence-corrected chi connectivity index (χ1v) is 11.0. The van der Waals surface area contributed by atoms with Crippen molar-refractivity contribution in [3.05, 3.63) is 62.4 Å². The molecule has 4 aromatic rings. The van der Waals surface area contributed by atoms with Crippen LogP contribution in [0.5, 0.6) is 5.75 Å². The Labute approximate surface area is 198 Å². The molecule has 1 aliphatic rings. The molecule has 1 fully saturated rings. The Bertz CT molecular complexity index is 1560. The zero-order chi connectivity index (χ0) is 24.1. The van der Waals surface area contributed by atoms with Gasteiger partial charge in [0.1, 0.15) is 23.2 Å². The number of nitrogens with one attached hydrogen (secondary N) is 1. The summed E-state index contributed by atoms with van der Waals surface area (Å²) in [6.07, 6.45) is 3.41.